The minimum absolute atomic E-state index is 0.193. The summed E-state index contributed by atoms with van der Waals surface area (Å²) in [5.41, 5.74) is 2.34. The molecule has 1 amide bonds. The van der Waals surface area contributed by atoms with Crippen molar-refractivity contribution < 1.29 is 18.7 Å². The quantitative estimate of drug-likeness (QED) is 0.422. The van der Waals surface area contributed by atoms with Crippen molar-refractivity contribution >= 4 is 23.6 Å². The number of nitriles is 1. The Labute approximate surface area is 169 Å². The standard InChI is InChI=1S/C22H22FN3O3/c1-26(2)20-9-5-17(6-10-20)13-18(14-24)22(28)29-15-21(27)25-12-11-16-3-7-19(23)8-4-16/h3-10,13H,11-12,15H2,1-2H3,(H,25,27)/b18-13+. The van der Waals surface area contributed by atoms with Crippen LogP contribution in [-0.4, -0.2) is 39.1 Å². The van der Waals surface area contributed by atoms with Gasteiger partial charge in [0.2, 0.25) is 0 Å². The molecule has 0 aromatic heterocycles. The zero-order chi connectivity index (χ0) is 21.2. The van der Waals surface area contributed by atoms with Gasteiger partial charge in [0.15, 0.2) is 6.61 Å². The van der Waals surface area contributed by atoms with Gasteiger partial charge in [-0.15, -0.1) is 0 Å². The van der Waals surface area contributed by atoms with Crippen LogP contribution < -0.4 is 10.2 Å². The van der Waals surface area contributed by atoms with Crippen molar-refractivity contribution in [2.75, 3.05) is 32.1 Å². The summed E-state index contributed by atoms with van der Waals surface area (Å²) in [4.78, 5) is 25.8. The number of ether oxygens (including phenoxy) is 1. The molecule has 6 nitrogen and oxygen atoms in total. The zero-order valence-corrected chi connectivity index (χ0v) is 16.3. The first-order chi connectivity index (χ1) is 13.9. The Morgan fingerprint density at radius 2 is 1.79 bits per heavy atom. The highest BCUT2D eigenvalue weighted by Gasteiger charge is 2.13. The zero-order valence-electron chi connectivity index (χ0n) is 16.3. The number of rotatable bonds is 8. The number of esters is 1. The topological polar surface area (TPSA) is 82.4 Å². The van der Waals surface area contributed by atoms with Crippen LogP contribution in [-0.2, 0) is 20.7 Å². The smallest absolute Gasteiger partial charge is 0.349 e. The third-order valence-electron chi connectivity index (χ3n) is 4.04. The summed E-state index contributed by atoms with van der Waals surface area (Å²) < 4.78 is 17.8. The molecule has 2 aromatic rings. The van der Waals surface area contributed by atoms with Gasteiger partial charge in [-0.25, -0.2) is 9.18 Å². The van der Waals surface area contributed by atoms with Crippen molar-refractivity contribution in [3.8, 4) is 6.07 Å². The molecule has 0 saturated carbocycles. The number of hydrogen-bond donors (Lipinski definition) is 1. The molecule has 29 heavy (non-hydrogen) atoms. The fourth-order valence-electron chi connectivity index (χ4n) is 2.43. The number of anilines is 1. The first-order valence-electron chi connectivity index (χ1n) is 8.96. The molecule has 0 aliphatic rings. The van der Waals surface area contributed by atoms with Crippen molar-refractivity contribution in [3.63, 3.8) is 0 Å². The van der Waals surface area contributed by atoms with E-state index in [0.29, 0.717) is 18.5 Å². The largest absolute Gasteiger partial charge is 0.451 e. The van der Waals surface area contributed by atoms with Crippen LogP contribution in [0.3, 0.4) is 0 Å². The molecule has 2 aromatic carbocycles. The summed E-state index contributed by atoms with van der Waals surface area (Å²) in [6.45, 7) is -0.165. The first kappa shape index (κ1) is 21.6. The number of amides is 1. The molecule has 0 fully saturated rings. The van der Waals surface area contributed by atoms with Crippen LogP contribution in [0.25, 0.3) is 6.08 Å². The van der Waals surface area contributed by atoms with Gasteiger partial charge in [0.05, 0.1) is 0 Å². The lowest BCUT2D eigenvalue weighted by atomic mass is 10.1. The summed E-state index contributed by atoms with van der Waals surface area (Å²) in [7, 11) is 3.82. The summed E-state index contributed by atoms with van der Waals surface area (Å²) in [6.07, 6.45) is 1.93. The van der Waals surface area contributed by atoms with Crippen LogP contribution in [0.2, 0.25) is 0 Å². The van der Waals surface area contributed by atoms with Crippen molar-refractivity contribution in [1.82, 2.24) is 5.32 Å². The fraction of sp³-hybridized carbons (Fsp3) is 0.227. The van der Waals surface area contributed by atoms with Gasteiger partial charge in [0.1, 0.15) is 17.5 Å². The van der Waals surface area contributed by atoms with E-state index >= 15 is 0 Å². The molecular formula is C22H22FN3O3. The lowest BCUT2D eigenvalue weighted by Crippen LogP contribution is -2.30. The van der Waals surface area contributed by atoms with Crippen molar-refractivity contribution in [3.05, 3.63) is 71.0 Å². The maximum Gasteiger partial charge on any atom is 0.349 e. The van der Waals surface area contributed by atoms with Crippen molar-refractivity contribution in [2.45, 2.75) is 6.42 Å². The second-order valence-electron chi connectivity index (χ2n) is 6.46. The van der Waals surface area contributed by atoms with Gasteiger partial charge in [0.25, 0.3) is 5.91 Å². The van der Waals surface area contributed by atoms with Gasteiger partial charge >= 0.3 is 5.97 Å². The monoisotopic (exact) mass is 395 g/mol. The van der Waals surface area contributed by atoms with E-state index in [1.54, 1.807) is 30.3 Å². The Morgan fingerprint density at radius 3 is 2.38 bits per heavy atom. The summed E-state index contributed by atoms with van der Waals surface area (Å²) in [5, 5.41) is 11.8. The van der Waals surface area contributed by atoms with Crippen LogP contribution in [0.4, 0.5) is 10.1 Å². The predicted molar refractivity (Wildman–Crippen MR) is 108 cm³/mol. The van der Waals surface area contributed by atoms with E-state index in [1.165, 1.54) is 18.2 Å². The summed E-state index contributed by atoms with van der Waals surface area (Å²) >= 11 is 0. The van der Waals surface area contributed by atoms with Crippen LogP contribution in [0.15, 0.2) is 54.1 Å². The first-order valence-corrected chi connectivity index (χ1v) is 8.96. The second-order valence-corrected chi connectivity index (χ2v) is 6.46. The van der Waals surface area contributed by atoms with Crippen LogP contribution >= 0.6 is 0 Å². The van der Waals surface area contributed by atoms with Crippen LogP contribution in [0.1, 0.15) is 11.1 Å². The van der Waals surface area contributed by atoms with E-state index in [1.807, 2.05) is 31.1 Å². The van der Waals surface area contributed by atoms with Gasteiger partial charge in [-0.2, -0.15) is 5.26 Å². The molecule has 0 bridgehead atoms. The molecule has 0 spiro atoms. The van der Waals surface area contributed by atoms with E-state index in [9.17, 15) is 19.2 Å². The maximum absolute atomic E-state index is 12.8. The molecular weight excluding hydrogens is 373 g/mol. The number of benzene rings is 2. The number of nitrogens with zero attached hydrogens (tertiary/aromatic N) is 2. The molecule has 150 valence electrons. The van der Waals surface area contributed by atoms with Crippen molar-refractivity contribution in [1.29, 1.82) is 5.26 Å². The fourth-order valence-corrected chi connectivity index (χ4v) is 2.43. The second kappa shape index (κ2) is 10.6. The van der Waals surface area contributed by atoms with Crippen molar-refractivity contribution in [2.24, 2.45) is 0 Å². The molecule has 0 atom stereocenters. The van der Waals surface area contributed by atoms with E-state index in [0.717, 1.165) is 11.3 Å². The Hall–Kier alpha value is -3.66. The molecule has 0 saturated heterocycles. The third-order valence-corrected chi connectivity index (χ3v) is 4.04. The van der Waals surface area contributed by atoms with Gasteiger partial charge in [-0.05, 0) is 47.9 Å². The molecule has 1 N–H and O–H groups in total. The van der Waals surface area contributed by atoms with Gasteiger partial charge in [-0.3, -0.25) is 4.79 Å². The SMILES string of the molecule is CN(C)c1ccc(/C=C(\C#N)C(=O)OCC(=O)NCCc2ccc(F)cc2)cc1. The van der Waals surface area contributed by atoms with Gasteiger partial charge in [-0.1, -0.05) is 24.3 Å². The maximum atomic E-state index is 12.8. The highest BCUT2D eigenvalue weighted by atomic mass is 19.1. The summed E-state index contributed by atoms with van der Waals surface area (Å²) in [5.74, 6) is -1.66. The molecule has 2 rings (SSSR count). The number of hydrogen-bond acceptors (Lipinski definition) is 5. The van der Waals surface area contributed by atoms with Crippen LogP contribution in [0, 0.1) is 17.1 Å². The molecule has 0 radical (unpaired) electrons. The Morgan fingerprint density at radius 1 is 1.14 bits per heavy atom. The minimum Gasteiger partial charge on any atom is -0.451 e. The lowest BCUT2D eigenvalue weighted by molar-refractivity contribution is -0.144. The average Bonchev–Trinajstić information content (AvgIpc) is 2.72. The minimum atomic E-state index is -0.863. The molecule has 7 heteroatoms. The molecule has 0 aliphatic heterocycles. The molecule has 0 unspecified atom stereocenters. The van der Waals surface area contributed by atoms with Crippen LogP contribution in [0.5, 0.6) is 0 Å². The molecule has 0 heterocycles. The number of nitrogens with one attached hydrogen (secondary N) is 1. The normalized spacial score (nSPS) is 10.8. The lowest BCUT2D eigenvalue weighted by Gasteiger charge is -2.11. The Kier molecular flexibility index (Phi) is 7.92. The Balaban J connectivity index is 1.81. The van der Waals surface area contributed by atoms with Gasteiger partial charge < -0.3 is 15.0 Å². The average molecular weight is 395 g/mol. The van der Waals surface area contributed by atoms with Gasteiger partial charge in [0, 0.05) is 26.3 Å². The van der Waals surface area contributed by atoms with E-state index in [4.69, 9.17) is 4.74 Å². The highest BCUT2D eigenvalue weighted by Crippen LogP contribution is 2.15. The third kappa shape index (κ3) is 7.11. The highest BCUT2D eigenvalue weighted by molar-refractivity contribution is 5.98. The Bertz CT molecular complexity index is 914. The number of carbonyl (C=O) groups excluding carboxylic acids is 2. The van der Waals surface area contributed by atoms with E-state index in [-0.39, 0.29) is 11.4 Å². The van der Waals surface area contributed by atoms with E-state index < -0.39 is 18.5 Å². The molecule has 0 aliphatic carbocycles. The number of halogens is 1. The number of carbonyl (C=O) groups is 2. The van der Waals surface area contributed by atoms with E-state index in [2.05, 4.69) is 5.32 Å². The summed E-state index contributed by atoms with van der Waals surface area (Å²) in [6, 6.07) is 15.0. The predicted octanol–water partition coefficient (Wildman–Crippen LogP) is 2.70.